The second-order valence-corrected chi connectivity index (χ2v) is 4.42. The molecule has 4 nitrogen and oxygen atoms in total. The lowest BCUT2D eigenvalue weighted by molar-refractivity contribution is -0.132. The summed E-state index contributed by atoms with van der Waals surface area (Å²) in [6.45, 7) is 2.98. The fraction of sp³-hybridized carbons (Fsp3) is 0.667. The predicted octanol–water partition coefficient (Wildman–Crippen LogP) is 0.375. The van der Waals surface area contributed by atoms with Crippen molar-refractivity contribution in [3.05, 3.63) is 11.6 Å². The average molecular weight is 219 g/mol. The minimum atomic E-state index is -0.867. The molecule has 0 aromatic carbocycles. The van der Waals surface area contributed by atoms with Gasteiger partial charge in [0.25, 0.3) is 0 Å². The lowest BCUT2D eigenvalue weighted by Gasteiger charge is -2.00. The van der Waals surface area contributed by atoms with Gasteiger partial charge < -0.3 is 10.4 Å². The van der Waals surface area contributed by atoms with Gasteiger partial charge in [-0.25, -0.2) is 4.79 Å². The van der Waals surface area contributed by atoms with Crippen LogP contribution in [0, 0.1) is 0 Å². The van der Waals surface area contributed by atoms with Crippen molar-refractivity contribution in [3.8, 4) is 0 Å². The molecule has 0 aromatic heterocycles. The van der Waals surface area contributed by atoms with Gasteiger partial charge in [0.05, 0.1) is 0 Å². The molecular weight excluding hydrogens is 202 g/mol. The summed E-state index contributed by atoms with van der Waals surface area (Å²) in [7, 11) is -0.790. The summed E-state index contributed by atoms with van der Waals surface area (Å²) in [5.74, 6) is -0.268. The number of carboxylic acid groups (broad SMARTS) is 1. The third-order valence-electron chi connectivity index (χ3n) is 1.71. The second-order valence-electron chi connectivity index (χ2n) is 2.87. The van der Waals surface area contributed by atoms with Crippen LogP contribution in [0.15, 0.2) is 11.6 Å². The molecule has 82 valence electrons. The molecule has 14 heavy (non-hydrogen) atoms. The first-order chi connectivity index (χ1) is 6.57. The van der Waals surface area contributed by atoms with Crippen LogP contribution in [0.25, 0.3) is 0 Å². The number of aliphatic carboxylic acids is 1. The van der Waals surface area contributed by atoms with Gasteiger partial charge in [-0.05, 0) is 6.42 Å². The summed E-state index contributed by atoms with van der Waals surface area (Å²) in [6.07, 6.45) is 3.82. The molecular formula is C9H17NO3S. The summed E-state index contributed by atoms with van der Waals surface area (Å²) in [5.41, 5.74) is 0.412. The Morgan fingerprint density at radius 3 is 2.64 bits per heavy atom. The Kier molecular flexibility index (Phi) is 7.32. The highest BCUT2D eigenvalue weighted by Crippen LogP contribution is 1.98. The van der Waals surface area contributed by atoms with Gasteiger partial charge in [-0.15, -0.1) is 0 Å². The van der Waals surface area contributed by atoms with Gasteiger partial charge in [-0.2, -0.15) is 0 Å². The number of nitrogens with one attached hydrogen (secondary N) is 1. The average Bonchev–Trinajstić information content (AvgIpc) is 2.10. The molecule has 0 bridgehead atoms. The van der Waals surface area contributed by atoms with Gasteiger partial charge in [0.2, 0.25) is 0 Å². The summed E-state index contributed by atoms with van der Waals surface area (Å²) >= 11 is 0. The van der Waals surface area contributed by atoms with Crippen molar-refractivity contribution in [2.24, 2.45) is 0 Å². The van der Waals surface area contributed by atoms with Gasteiger partial charge in [0, 0.05) is 41.5 Å². The van der Waals surface area contributed by atoms with Crippen molar-refractivity contribution in [1.29, 1.82) is 0 Å². The molecule has 0 amide bonds. The Balaban J connectivity index is 3.69. The van der Waals surface area contributed by atoms with E-state index < -0.39 is 16.8 Å². The third-order valence-corrected chi connectivity index (χ3v) is 2.49. The normalized spacial score (nSPS) is 14.0. The van der Waals surface area contributed by atoms with Crippen LogP contribution in [-0.2, 0) is 15.6 Å². The zero-order valence-electron chi connectivity index (χ0n) is 8.58. The van der Waals surface area contributed by atoms with Crippen LogP contribution in [0.3, 0.4) is 0 Å². The van der Waals surface area contributed by atoms with Gasteiger partial charge in [0.15, 0.2) is 0 Å². The van der Waals surface area contributed by atoms with E-state index in [1.54, 1.807) is 19.3 Å². The first-order valence-electron chi connectivity index (χ1n) is 4.51. The molecule has 5 heteroatoms. The number of hydrogen-bond donors (Lipinski definition) is 2. The van der Waals surface area contributed by atoms with Crippen molar-refractivity contribution in [3.63, 3.8) is 0 Å². The molecule has 0 aromatic rings. The van der Waals surface area contributed by atoms with Crippen LogP contribution in [-0.4, -0.2) is 40.4 Å². The van der Waals surface area contributed by atoms with Gasteiger partial charge in [0.1, 0.15) is 0 Å². The van der Waals surface area contributed by atoms with E-state index in [-0.39, 0.29) is 0 Å². The second kappa shape index (κ2) is 7.70. The molecule has 0 radical (unpaired) electrons. The largest absolute Gasteiger partial charge is 0.478 e. The molecule has 0 aliphatic heterocycles. The first kappa shape index (κ1) is 13.3. The summed E-state index contributed by atoms with van der Waals surface area (Å²) in [4.78, 5) is 10.6. The van der Waals surface area contributed by atoms with Crippen LogP contribution >= 0.6 is 0 Å². The predicted molar refractivity (Wildman–Crippen MR) is 57.8 cm³/mol. The number of carboxylic acids is 1. The Morgan fingerprint density at radius 2 is 2.21 bits per heavy atom. The van der Waals surface area contributed by atoms with Crippen LogP contribution in [0.1, 0.15) is 13.3 Å². The van der Waals surface area contributed by atoms with E-state index in [4.69, 9.17) is 5.11 Å². The zero-order chi connectivity index (χ0) is 11.0. The molecule has 0 rings (SSSR count). The van der Waals surface area contributed by atoms with E-state index in [0.717, 1.165) is 0 Å². The minimum absolute atomic E-state index is 0.412. The molecule has 0 saturated heterocycles. The molecule has 0 aliphatic carbocycles. The van der Waals surface area contributed by atoms with E-state index in [2.05, 4.69) is 5.32 Å². The van der Waals surface area contributed by atoms with Crippen LogP contribution in [0.5, 0.6) is 0 Å². The number of carbonyl (C=O) groups is 1. The Morgan fingerprint density at radius 1 is 1.57 bits per heavy atom. The third kappa shape index (κ3) is 6.80. The maximum absolute atomic E-state index is 10.7. The quantitative estimate of drug-likeness (QED) is 0.480. The zero-order valence-corrected chi connectivity index (χ0v) is 9.39. The standard InChI is InChI=1S/C9H17NO3S/c1-3-8(9(11)12)4-5-10-6-7-14(2)13/h4,10H,3,5-7H2,1-2H3,(H,11,12). The van der Waals surface area contributed by atoms with E-state index in [1.165, 1.54) is 0 Å². The van der Waals surface area contributed by atoms with Crippen LogP contribution in [0.4, 0.5) is 0 Å². The SMILES string of the molecule is CCC(=CCNCCS(C)=O)C(=O)O. The molecule has 0 saturated carbocycles. The summed E-state index contributed by atoms with van der Waals surface area (Å²) < 4.78 is 10.7. The molecule has 0 spiro atoms. The van der Waals surface area contributed by atoms with E-state index in [0.29, 0.717) is 30.8 Å². The van der Waals surface area contributed by atoms with Crippen LogP contribution in [0.2, 0.25) is 0 Å². The minimum Gasteiger partial charge on any atom is -0.478 e. The summed E-state index contributed by atoms with van der Waals surface area (Å²) in [6, 6.07) is 0. The Bertz CT molecular complexity index is 238. The fourth-order valence-electron chi connectivity index (χ4n) is 0.896. The molecule has 2 N–H and O–H groups in total. The molecule has 0 aliphatic rings. The molecule has 0 heterocycles. The molecule has 0 fully saturated rings. The topological polar surface area (TPSA) is 66.4 Å². The van der Waals surface area contributed by atoms with Crippen molar-refractivity contribution in [1.82, 2.24) is 5.32 Å². The van der Waals surface area contributed by atoms with Crippen molar-refractivity contribution in [2.75, 3.05) is 25.1 Å². The fourth-order valence-corrected chi connectivity index (χ4v) is 1.33. The van der Waals surface area contributed by atoms with Gasteiger partial charge >= 0.3 is 5.97 Å². The lowest BCUT2D eigenvalue weighted by atomic mass is 10.2. The van der Waals surface area contributed by atoms with Crippen LogP contribution < -0.4 is 5.32 Å². The maximum atomic E-state index is 10.7. The van der Waals surface area contributed by atoms with Gasteiger partial charge in [-0.1, -0.05) is 13.0 Å². The molecule has 1 unspecified atom stereocenters. The van der Waals surface area contributed by atoms with Crippen molar-refractivity contribution >= 4 is 16.8 Å². The highest BCUT2D eigenvalue weighted by molar-refractivity contribution is 7.84. The van der Waals surface area contributed by atoms with Gasteiger partial charge in [-0.3, -0.25) is 4.21 Å². The Labute approximate surface area is 86.8 Å². The summed E-state index contributed by atoms with van der Waals surface area (Å²) in [5, 5.41) is 11.7. The number of rotatable bonds is 7. The number of hydrogen-bond acceptors (Lipinski definition) is 3. The van der Waals surface area contributed by atoms with Crippen molar-refractivity contribution < 1.29 is 14.1 Å². The monoisotopic (exact) mass is 219 g/mol. The van der Waals surface area contributed by atoms with E-state index in [1.807, 2.05) is 0 Å². The smallest absolute Gasteiger partial charge is 0.331 e. The highest BCUT2D eigenvalue weighted by Gasteiger charge is 2.02. The lowest BCUT2D eigenvalue weighted by Crippen LogP contribution is -2.20. The highest BCUT2D eigenvalue weighted by atomic mass is 32.2. The van der Waals surface area contributed by atoms with E-state index >= 15 is 0 Å². The van der Waals surface area contributed by atoms with E-state index in [9.17, 15) is 9.00 Å². The van der Waals surface area contributed by atoms with Crippen molar-refractivity contribution in [2.45, 2.75) is 13.3 Å². The molecule has 1 atom stereocenters. The Hall–Kier alpha value is -0.680. The maximum Gasteiger partial charge on any atom is 0.331 e. The first-order valence-corrected chi connectivity index (χ1v) is 6.23.